The van der Waals surface area contributed by atoms with E-state index >= 15 is 0 Å². The molecule has 0 saturated heterocycles. The van der Waals surface area contributed by atoms with E-state index in [-0.39, 0.29) is 5.75 Å². The number of alkyl halides is 2. The Balaban J connectivity index is 3.20. The molecule has 0 bridgehead atoms. The van der Waals surface area contributed by atoms with Crippen molar-refractivity contribution >= 4 is 9.84 Å². The molecule has 0 aliphatic heterocycles. The maximum Gasteiger partial charge on any atom is 0.341 e. The number of sulfone groups is 1. The van der Waals surface area contributed by atoms with Gasteiger partial charge in [-0.05, 0) is 18.2 Å². The van der Waals surface area contributed by atoms with Crippen LogP contribution >= 0.6 is 0 Å². The summed E-state index contributed by atoms with van der Waals surface area (Å²) in [6.07, 6.45) is 0. The van der Waals surface area contributed by atoms with Gasteiger partial charge in [-0.2, -0.15) is 8.78 Å². The van der Waals surface area contributed by atoms with Gasteiger partial charge in [0.15, 0.2) is 0 Å². The van der Waals surface area contributed by atoms with E-state index in [0.29, 0.717) is 0 Å². The molecule has 1 rings (SSSR count). The van der Waals surface area contributed by atoms with Gasteiger partial charge in [0.1, 0.15) is 5.75 Å². The molecule has 0 aliphatic rings. The summed E-state index contributed by atoms with van der Waals surface area (Å²) in [5, 5.41) is 0. The van der Waals surface area contributed by atoms with Gasteiger partial charge in [0.2, 0.25) is 9.84 Å². The molecule has 0 spiro atoms. The molecule has 0 fully saturated rings. The molecule has 0 heterocycles. The van der Waals surface area contributed by atoms with Gasteiger partial charge >= 0.3 is 5.76 Å². The molecule has 1 aromatic carbocycles. The van der Waals surface area contributed by atoms with Crippen LogP contribution in [0.5, 0.6) is 5.75 Å². The zero-order valence-electron chi connectivity index (χ0n) is 7.28. The minimum absolute atomic E-state index is 0.228. The molecule has 6 heteroatoms. The van der Waals surface area contributed by atoms with E-state index in [1.54, 1.807) is 0 Å². The smallest absolute Gasteiger partial charge is 0.341 e. The van der Waals surface area contributed by atoms with Gasteiger partial charge in [-0.1, -0.05) is 6.07 Å². The van der Waals surface area contributed by atoms with Crippen molar-refractivity contribution in [3.63, 3.8) is 0 Å². The molecule has 1 aromatic rings. The normalized spacial score (nSPS) is 11.7. The van der Waals surface area contributed by atoms with Crippen LogP contribution in [-0.4, -0.2) is 21.3 Å². The number of methoxy groups -OCH3 is 1. The Morgan fingerprint density at radius 1 is 1.36 bits per heavy atom. The topological polar surface area (TPSA) is 43.4 Å². The highest BCUT2D eigenvalue weighted by Crippen LogP contribution is 2.22. The maximum atomic E-state index is 12.1. The van der Waals surface area contributed by atoms with Crippen LogP contribution in [0.25, 0.3) is 0 Å². The van der Waals surface area contributed by atoms with E-state index < -0.39 is 20.5 Å². The van der Waals surface area contributed by atoms with Crippen LogP contribution in [0.3, 0.4) is 0 Å². The zero-order valence-corrected chi connectivity index (χ0v) is 8.09. The summed E-state index contributed by atoms with van der Waals surface area (Å²) < 4.78 is 50.9. The Morgan fingerprint density at radius 2 is 2.00 bits per heavy atom. The van der Waals surface area contributed by atoms with Crippen molar-refractivity contribution in [2.45, 2.75) is 10.7 Å². The molecular weight excluding hydrogens is 214 g/mol. The van der Waals surface area contributed by atoms with Crippen molar-refractivity contribution in [1.82, 2.24) is 0 Å². The highest BCUT2D eigenvalue weighted by atomic mass is 32.2. The Hall–Kier alpha value is -1.17. The molecule has 0 unspecified atom stereocenters. The fourth-order valence-corrected chi connectivity index (χ4v) is 1.64. The predicted octanol–water partition coefficient (Wildman–Crippen LogP) is 1.69. The molecular formula is C8H8F2O3S. The van der Waals surface area contributed by atoms with Crippen molar-refractivity contribution in [2.24, 2.45) is 0 Å². The second kappa shape index (κ2) is 3.91. The Bertz CT molecular complexity index is 414. The first-order valence-electron chi connectivity index (χ1n) is 3.64. The van der Waals surface area contributed by atoms with Crippen LogP contribution in [0.15, 0.2) is 29.2 Å². The van der Waals surface area contributed by atoms with Crippen LogP contribution in [0, 0.1) is 0 Å². The molecule has 0 aromatic heterocycles. The first-order valence-corrected chi connectivity index (χ1v) is 5.19. The summed E-state index contributed by atoms with van der Waals surface area (Å²) in [4.78, 5) is -0.438. The summed E-state index contributed by atoms with van der Waals surface area (Å²) >= 11 is 0. The minimum Gasteiger partial charge on any atom is -0.497 e. The predicted molar refractivity (Wildman–Crippen MR) is 46.2 cm³/mol. The lowest BCUT2D eigenvalue weighted by Crippen LogP contribution is -2.11. The Kier molecular flexibility index (Phi) is 3.05. The molecule has 0 radical (unpaired) electrons. The largest absolute Gasteiger partial charge is 0.497 e. The number of ether oxygens (including phenoxy) is 1. The van der Waals surface area contributed by atoms with Crippen LogP contribution in [0.1, 0.15) is 0 Å². The van der Waals surface area contributed by atoms with E-state index in [2.05, 4.69) is 0 Å². The van der Waals surface area contributed by atoms with E-state index in [4.69, 9.17) is 4.74 Å². The van der Waals surface area contributed by atoms with Crippen molar-refractivity contribution in [3.05, 3.63) is 24.3 Å². The van der Waals surface area contributed by atoms with Crippen LogP contribution in [-0.2, 0) is 9.84 Å². The average Bonchev–Trinajstić information content (AvgIpc) is 2.17. The summed E-state index contributed by atoms with van der Waals surface area (Å²) in [5.41, 5.74) is 0. The van der Waals surface area contributed by atoms with Crippen molar-refractivity contribution in [3.8, 4) is 5.75 Å². The van der Waals surface area contributed by atoms with Crippen LogP contribution in [0.2, 0.25) is 0 Å². The second-order valence-electron chi connectivity index (χ2n) is 2.48. The molecule has 3 nitrogen and oxygen atoms in total. The SMILES string of the molecule is COc1cccc(S(=O)(=O)C(F)F)c1. The first-order chi connectivity index (χ1) is 6.48. The molecule has 0 saturated carbocycles. The molecule has 0 atom stereocenters. The lowest BCUT2D eigenvalue weighted by Gasteiger charge is -2.04. The average molecular weight is 222 g/mol. The van der Waals surface area contributed by atoms with E-state index in [1.807, 2.05) is 0 Å². The monoisotopic (exact) mass is 222 g/mol. The van der Waals surface area contributed by atoms with Gasteiger partial charge in [0, 0.05) is 0 Å². The van der Waals surface area contributed by atoms with Gasteiger partial charge < -0.3 is 4.74 Å². The third kappa shape index (κ3) is 2.01. The molecule has 0 N–H and O–H groups in total. The summed E-state index contributed by atoms with van der Waals surface area (Å²) in [5.74, 6) is -3.18. The first kappa shape index (κ1) is 10.9. The molecule has 0 aliphatic carbocycles. The van der Waals surface area contributed by atoms with E-state index in [0.717, 1.165) is 12.1 Å². The summed E-state index contributed by atoms with van der Waals surface area (Å²) in [6.45, 7) is 0. The third-order valence-electron chi connectivity index (χ3n) is 1.60. The number of hydrogen-bond acceptors (Lipinski definition) is 3. The minimum atomic E-state index is -4.52. The van der Waals surface area contributed by atoms with Gasteiger partial charge in [0.05, 0.1) is 12.0 Å². The summed E-state index contributed by atoms with van der Waals surface area (Å²) in [7, 11) is -3.20. The maximum absolute atomic E-state index is 12.1. The van der Waals surface area contributed by atoms with E-state index in [1.165, 1.54) is 19.2 Å². The highest BCUT2D eigenvalue weighted by Gasteiger charge is 2.26. The third-order valence-corrected chi connectivity index (χ3v) is 2.98. The van der Waals surface area contributed by atoms with Crippen molar-refractivity contribution < 1.29 is 21.9 Å². The lowest BCUT2D eigenvalue weighted by molar-refractivity contribution is 0.234. The standard InChI is InChI=1S/C8H8F2O3S/c1-13-6-3-2-4-7(5-6)14(11,12)8(9)10/h2-5,8H,1H3. The van der Waals surface area contributed by atoms with Crippen molar-refractivity contribution in [2.75, 3.05) is 7.11 Å². The molecule has 0 amide bonds. The molecule has 14 heavy (non-hydrogen) atoms. The van der Waals surface area contributed by atoms with Crippen molar-refractivity contribution in [1.29, 1.82) is 0 Å². The van der Waals surface area contributed by atoms with Crippen LogP contribution in [0.4, 0.5) is 8.78 Å². The molecule has 78 valence electrons. The zero-order chi connectivity index (χ0) is 10.8. The number of benzene rings is 1. The summed E-state index contributed by atoms with van der Waals surface area (Å²) in [6, 6.07) is 4.98. The highest BCUT2D eigenvalue weighted by molar-refractivity contribution is 7.91. The number of halogens is 2. The number of hydrogen-bond donors (Lipinski definition) is 0. The lowest BCUT2D eigenvalue weighted by atomic mass is 10.3. The van der Waals surface area contributed by atoms with Gasteiger partial charge in [-0.15, -0.1) is 0 Å². The Labute approximate surface area is 80.2 Å². The van der Waals surface area contributed by atoms with Gasteiger partial charge in [0.25, 0.3) is 0 Å². The van der Waals surface area contributed by atoms with E-state index in [9.17, 15) is 17.2 Å². The fraction of sp³-hybridized carbons (Fsp3) is 0.250. The number of rotatable bonds is 3. The van der Waals surface area contributed by atoms with Gasteiger partial charge in [-0.25, -0.2) is 8.42 Å². The Morgan fingerprint density at radius 3 is 2.50 bits per heavy atom. The second-order valence-corrected chi connectivity index (χ2v) is 4.40. The van der Waals surface area contributed by atoms with Gasteiger partial charge in [-0.3, -0.25) is 0 Å². The fourth-order valence-electron chi connectivity index (χ4n) is 0.881. The quantitative estimate of drug-likeness (QED) is 0.781. The van der Waals surface area contributed by atoms with Crippen LogP contribution < -0.4 is 4.74 Å².